The van der Waals surface area contributed by atoms with Crippen molar-refractivity contribution in [3.8, 4) is 0 Å². The Morgan fingerprint density at radius 3 is 3.07 bits per heavy atom. The van der Waals surface area contributed by atoms with Gasteiger partial charge in [-0.1, -0.05) is 19.3 Å². The van der Waals surface area contributed by atoms with Gasteiger partial charge in [-0.15, -0.1) is 5.73 Å². The predicted octanol–water partition coefficient (Wildman–Crippen LogP) is 2.04. The highest BCUT2D eigenvalue weighted by Gasteiger charge is 2.32. The molecule has 2 nitrogen and oxygen atoms in total. The van der Waals surface area contributed by atoms with Gasteiger partial charge in [0.25, 0.3) is 0 Å². The fourth-order valence-electron chi connectivity index (χ4n) is 2.50. The second-order valence-corrected chi connectivity index (χ2v) is 4.15. The van der Waals surface area contributed by atoms with Gasteiger partial charge in [-0.25, -0.2) is 0 Å². The van der Waals surface area contributed by atoms with Crippen molar-refractivity contribution in [3.63, 3.8) is 0 Å². The fraction of sp³-hybridized carbons (Fsp3) is 0.750. The van der Waals surface area contributed by atoms with Crippen molar-refractivity contribution in [2.24, 2.45) is 5.92 Å². The highest BCUT2D eigenvalue weighted by atomic mass is 16.5. The molecule has 0 aromatic rings. The first-order valence-electron chi connectivity index (χ1n) is 5.58. The average Bonchev–Trinajstić information content (AvgIpc) is 2.45. The molecule has 0 aromatic heterocycles. The van der Waals surface area contributed by atoms with Gasteiger partial charge < -0.3 is 9.84 Å². The second-order valence-electron chi connectivity index (χ2n) is 4.15. The quantitative estimate of drug-likeness (QED) is 0.647. The number of hydrogen-bond donors (Lipinski definition) is 1. The first-order chi connectivity index (χ1) is 6.92. The van der Waals surface area contributed by atoms with Gasteiger partial charge in [0.05, 0.1) is 19.3 Å². The molecule has 2 fully saturated rings. The molecule has 2 rings (SSSR count). The Morgan fingerprint density at radius 2 is 2.21 bits per heavy atom. The summed E-state index contributed by atoms with van der Waals surface area (Å²) in [6.07, 6.45) is 8.54. The van der Waals surface area contributed by atoms with Gasteiger partial charge in [0, 0.05) is 11.5 Å². The van der Waals surface area contributed by atoms with Crippen LogP contribution >= 0.6 is 0 Å². The second kappa shape index (κ2) is 4.79. The Balaban J connectivity index is 2.11. The Bertz CT molecular complexity index is 251. The Hall–Kier alpha value is -0.560. The summed E-state index contributed by atoms with van der Waals surface area (Å²) in [4.78, 5) is 0. The summed E-state index contributed by atoms with van der Waals surface area (Å²) in [5.74, 6) is 0.584. The molecule has 0 unspecified atom stereocenters. The molecule has 1 aliphatic heterocycles. The minimum Gasteiger partial charge on any atom is -0.392 e. The zero-order valence-corrected chi connectivity index (χ0v) is 8.54. The minimum absolute atomic E-state index is 0.0842. The van der Waals surface area contributed by atoms with E-state index in [4.69, 9.17) is 9.84 Å². The molecule has 1 saturated heterocycles. The summed E-state index contributed by atoms with van der Waals surface area (Å²) in [5.41, 5.74) is 4.44. The van der Waals surface area contributed by atoms with Crippen LogP contribution in [0.1, 0.15) is 32.1 Å². The summed E-state index contributed by atoms with van der Waals surface area (Å²) in [5, 5.41) is 8.71. The van der Waals surface area contributed by atoms with Gasteiger partial charge in [-0.05, 0) is 18.9 Å². The van der Waals surface area contributed by atoms with Gasteiger partial charge in [0.2, 0.25) is 0 Å². The van der Waals surface area contributed by atoms with Crippen molar-refractivity contribution in [3.05, 3.63) is 17.4 Å². The molecule has 0 spiro atoms. The Labute approximate surface area is 85.3 Å². The summed E-state index contributed by atoms with van der Waals surface area (Å²) < 4.78 is 5.75. The smallest absolute Gasteiger partial charge is 0.0758 e. The summed E-state index contributed by atoms with van der Waals surface area (Å²) in [6, 6.07) is 0. The molecule has 1 N–H and O–H groups in total. The maximum atomic E-state index is 8.71. The first kappa shape index (κ1) is 9.97. The van der Waals surface area contributed by atoms with E-state index in [1.807, 2.05) is 0 Å². The zero-order chi connectivity index (χ0) is 9.80. The van der Waals surface area contributed by atoms with Crippen molar-refractivity contribution in [1.82, 2.24) is 0 Å². The van der Waals surface area contributed by atoms with E-state index < -0.39 is 0 Å². The van der Waals surface area contributed by atoms with Crippen molar-refractivity contribution < 1.29 is 9.84 Å². The highest BCUT2D eigenvalue weighted by Crippen LogP contribution is 2.35. The van der Waals surface area contributed by atoms with E-state index in [1.54, 1.807) is 6.08 Å². The van der Waals surface area contributed by atoms with Crippen LogP contribution in [0.4, 0.5) is 0 Å². The van der Waals surface area contributed by atoms with Crippen molar-refractivity contribution in [1.29, 1.82) is 0 Å². The molecule has 0 bridgehead atoms. The lowest BCUT2D eigenvalue weighted by Crippen LogP contribution is -2.14. The lowest BCUT2D eigenvalue weighted by molar-refractivity contribution is 0.0854. The minimum atomic E-state index is 0.0842. The summed E-state index contributed by atoms with van der Waals surface area (Å²) in [7, 11) is 0. The van der Waals surface area contributed by atoms with Gasteiger partial charge in [-0.2, -0.15) is 0 Å². The SMILES string of the molecule is OCC=C=C1CO[C@H]2CCCCC[C@H]12. The number of hydrogen-bond acceptors (Lipinski definition) is 2. The van der Waals surface area contributed by atoms with Crippen molar-refractivity contribution >= 4 is 0 Å². The summed E-state index contributed by atoms with van der Waals surface area (Å²) in [6.45, 7) is 0.812. The normalized spacial score (nSPS) is 31.9. The average molecular weight is 194 g/mol. The number of ether oxygens (including phenoxy) is 1. The number of fused-ring (bicyclic) bond motifs is 1. The lowest BCUT2D eigenvalue weighted by atomic mass is 9.92. The van der Waals surface area contributed by atoms with Crippen LogP contribution in [-0.2, 0) is 4.74 Å². The van der Waals surface area contributed by atoms with E-state index in [2.05, 4.69) is 5.73 Å². The topological polar surface area (TPSA) is 29.5 Å². The number of aliphatic hydroxyl groups is 1. The van der Waals surface area contributed by atoms with E-state index in [0.717, 1.165) is 6.61 Å². The van der Waals surface area contributed by atoms with Gasteiger partial charge in [-0.3, -0.25) is 0 Å². The van der Waals surface area contributed by atoms with Crippen LogP contribution in [-0.4, -0.2) is 24.4 Å². The first-order valence-corrected chi connectivity index (χ1v) is 5.58. The maximum Gasteiger partial charge on any atom is 0.0758 e. The molecule has 0 amide bonds. The third-order valence-electron chi connectivity index (χ3n) is 3.23. The van der Waals surface area contributed by atoms with Crippen LogP contribution in [0, 0.1) is 5.92 Å². The molecule has 1 heterocycles. The predicted molar refractivity (Wildman–Crippen MR) is 55.0 cm³/mol. The van der Waals surface area contributed by atoms with Crippen LogP contribution < -0.4 is 0 Å². The molecule has 0 aromatic carbocycles. The third-order valence-corrected chi connectivity index (χ3v) is 3.23. The van der Waals surface area contributed by atoms with Crippen molar-refractivity contribution in [2.45, 2.75) is 38.2 Å². The van der Waals surface area contributed by atoms with E-state index in [0.29, 0.717) is 12.0 Å². The molecule has 2 heteroatoms. The van der Waals surface area contributed by atoms with E-state index in [1.165, 1.54) is 37.7 Å². The van der Waals surface area contributed by atoms with Crippen LogP contribution in [0.5, 0.6) is 0 Å². The Morgan fingerprint density at radius 1 is 1.36 bits per heavy atom. The van der Waals surface area contributed by atoms with Gasteiger partial charge in [0.1, 0.15) is 0 Å². The van der Waals surface area contributed by atoms with Crippen LogP contribution in [0.2, 0.25) is 0 Å². The number of aliphatic hydroxyl groups excluding tert-OH is 1. The van der Waals surface area contributed by atoms with Crippen LogP contribution in [0.15, 0.2) is 17.4 Å². The molecule has 2 aliphatic rings. The molecule has 0 radical (unpaired) electrons. The Kier molecular flexibility index (Phi) is 3.41. The molecule has 2 atom stereocenters. The van der Waals surface area contributed by atoms with Crippen LogP contribution in [0.25, 0.3) is 0 Å². The lowest BCUT2D eigenvalue weighted by Gasteiger charge is -2.13. The largest absolute Gasteiger partial charge is 0.392 e. The van der Waals surface area contributed by atoms with Gasteiger partial charge in [0.15, 0.2) is 0 Å². The summed E-state index contributed by atoms with van der Waals surface area (Å²) >= 11 is 0. The molecule has 78 valence electrons. The molecule has 1 aliphatic carbocycles. The van der Waals surface area contributed by atoms with Crippen molar-refractivity contribution in [2.75, 3.05) is 13.2 Å². The molecular weight excluding hydrogens is 176 g/mol. The fourth-order valence-corrected chi connectivity index (χ4v) is 2.50. The van der Waals surface area contributed by atoms with E-state index in [-0.39, 0.29) is 6.61 Å². The van der Waals surface area contributed by atoms with E-state index >= 15 is 0 Å². The molecular formula is C12H18O2. The number of rotatable bonds is 1. The van der Waals surface area contributed by atoms with Crippen LogP contribution in [0.3, 0.4) is 0 Å². The monoisotopic (exact) mass is 194 g/mol. The standard InChI is InChI=1S/C12H18O2/c13-8-4-5-10-9-14-12-7-3-1-2-6-11(10)12/h4,11-13H,1-3,6-9H2/t5?,11-,12+/m1/s1. The molecule has 14 heavy (non-hydrogen) atoms. The third kappa shape index (κ3) is 2.09. The highest BCUT2D eigenvalue weighted by molar-refractivity contribution is 5.13. The zero-order valence-electron chi connectivity index (χ0n) is 8.54. The van der Waals surface area contributed by atoms with E-state index in [9.17, 15) is 0 Å². The van der Waals surface area contributed by atoms with Gasteiger partial charge >= 0.3 is 0 Å². The maximum absolute atomic E-state index is 8.71. The molecule has 1 saturated carbocycles.